The number of ketones is 1. The van der Waals surface area contributed by atoms with Crippen molar-refractivity contribution in [2.45, 2.75) is 20.8 Å². The van der Waals surface area contributed by atoms with Crippen LogP contribution >= 0.6 is 0 Å². The van der Waals surface area contributed by atoms with E-state index in [2.05, 4.69) is 10.3 Å². The van der Waals surface area contributed by atoms with E-state index in [-0.39, 0.29) is 5.78 Å². The Hall–Kier alpha value is -2.16. The van der Waals surface area contributed by atoms with Crippen molar-refractivity contribution in [3.05, 3.63) is 58.8 Å². The van der Waals surface area contributed by atoms with Crippen LogP contribution in [0, 0.1) is 13.8 Å². The molecule has 1 heterocycles. The van der Waals surface area contributed by atoms with Gasteiger partial charge in [-0.2, -0.15) is 0 Å². The number of benzene rings is 1. The number of nitrogens with one attached hydrogen (secondary N) is 1. The molecule has 3 heteroatoms. The molecule has 0 unspecified atom stereocenters. The Balaban J connectivity index is 2.43. The van der Waals surface area contributed by atoms with E-state index >= 15 is 0 Å². The van der Waals surface area contributed by atoms with Crippen LogP contribution in [-0.4, -0.2) is 17.3 Å². The van der Waals surface area contributed by atoms with Gasteiger partial charge in [-0.15, -0.1) is 0 Å². The first-order valence-corrected chi connectivity index (χ1v) is 6.44. The van der Waals surface area contributed by atoms with E-state index in [1.807, 2.05) is 57.2 Å². The van der Waals surface area contributed by atoms with Gasteiger partial charge < -0.3 is 5.32 Å². The number of nitrogens with zero attached hydrogens (tertiary/aromatic N) is 1. The first-order chi connectivity index (χ1) is 9.11. The lowest BCUT2D eigenvalue weighted by molar-refractivity contribution is 0.103. The molecule has 3 nitrogen and oxygen atoms in total. The summed E-state index contributed by atoms with van der Waals surface area (Å²) in [6.07, 6.45) is 0. The van der Waals surface area contributed by atoms with Crippen LogP contribution in [0.3, 0.4) is 0 Å². The van der Waals surface area contributed by atoms with Crippen LogP contribution in [0.1, 0.15) is 34.1 Å². The Morgan fingerprint density at radius 2 is 2.00 bits per heavy atom. The number of hydrogen-bond acceptors (Lipinski definition) is 3. The molecule has 0 bridgehead atoms. The minimum absolute atomic E-state index is 0.00662. The Morgan fingerprint density at radius 1 is 1.21 bits per heavy atom. The van der Waals surface area contributed by atoms with E-state index in [1.54, 1.807) is 0 Å². The van der Waals surface area contributed by atoms with Gasteiger partial charge in [-0.3, -0.25) is 4.79 Å². The fourth-order valence-electron chi connectivity index (χ4n) is 1.98. The van der Waals surface area contributed by atoms with Crippen molar-refractivity contribution in [3.8, 4) is 0 Å². The van der Waals surface area contributed by atoms with Gasteiger partial charge in [0, 0.05) is 17.8 Å². The topological polar surface area (TPSA) is 42.0 Å². The van der Waals surface area contributed by atoms with Crippen LogP contribution in [-0.2, 0) is 0 Å². The summed E-state index contributed by atoms with van der Waals surface area (Å²) >= 11 is 0. The molecule has 0 saturated heterocycles. The van der Waals surface area contributed by atoms with Gasteiger partial charge in [0.05, 0.1) is 5.56 Å². The van der Waals surface area contributed by atoms with Gasteiger partial charge >= 0.3 is 0 Å². The van der Waals surface area contributed by atoms with Crippen LogP contribution in [0.5, 0.6) is 0 Å². The molecule has 0 aliphatic rings. The highest BCUT2D eigenvalue weighted by atomic mass is 16.1. The van der Waals surface area contributed by atoms with E-state index in [9.17, 15) is 4.79 Å². The Morgan fingerprint density at radius 3 is 2.68 bits per heavy atom. The average Bonchev–Trinajstić information content (AvgIpc) is 2.39. The lowest BCUT2D eigenvalue weighted by Crippen LogP contribution is -2.10. The number of rotatable bonds is 4. The molecule has 2 aromatic rings. The van der Waals surface area contributed by atoms with Gasteiger partial charge in [-0.05, 0) is 39.0 Å². The molecule has 0 aliphatic carbocycles. The molecule has 0 aliphatic heterocycles. The molecule has 1 aromatic carbocycles. The number of hydrogen-bond donors (Lipinski definition) is 1. The first kappa shape index (κ1) is 13.3. The summed E-state index contributed by atoms with van der Waals surface area (Å²) in [6.45, 7) is 6.63. The zero-order chi connectivity index (χ0) is 13.8. The predicted octanol–water partition coefficient (Wildman–Crippen LogP) is 3.36. The summed E-state index contributed by atoms with van der Waals surface area (Å²) in [7, 11) is 0. The summed E-state index contributed by atoms with van der Waals surface area (Å²) in [5.74, 6) is 0.668. The highest BCUT2D eigenvalue weighted by Crippen LogP contribution is 2.18. The normalized spacial score (nSPS) is 10.3. The van der Waals surface area contributed by atoms with E-state index in [0.717, 1.165) is 17.8 Å². The molecule has 0 fully saturated rings. The zero-order valence-corrected chi connectivity index (χ0v) is 11.5. The van der Waals surface area contributed by atoms with Crippen LogP contribution in [0.15, 0.2) is 36.4 Å². The quantitative estimate of drug-likeness (QED) is 0.851. The predicted molar refractivity (Wildman–Crippen MR) is 77.7 cm³/mol. The van der Waals surface area contributed by atoms with Gasteiger partial charge in [-0.1, -0.05) is 23.8 Å². The van der Waals surface area contributed by atoms with Crippen molar-refractivity contribution in [2.24, 2.45) is 0 Å². The van der Waals surface area contributed by atoms with Crippen molar-refractivity contribution in [3.63, 3.8) is 0 Å². The maximum atomic E-state index is 12.5. The van der Waals surface area contributed by atoms with Crippen molar-refractivity contribution >= 4 is 11.6 Å². The van der Waals surface area contributed by atoms with Gasteiger partial charge in [-0.25, -0.2) is 4.98 Å². The standard InChI is InChI=1S/C16H18N2O/c1-4-17-16-14(9-8-12(3)18-16)15(19)13-7-5-6-11(2)10-13/h5-10H,4H2,1-3H3,(H,17,18). The lowest BCUT2D eigenvalue weighted by atomic mass is 10.0. The largest absolute Gasteiger partial charge is 0.370 e. The SMILES string of the molecule is CCNc1nc(C)ccc1C(=O)c1cccc(C)c1. The Bertz CT molecular complexity index is 605. The Kier molecular flexibility index (Phi) is 3.95. The molecule has 1 aromatic heterocycles. The highest BCUT2D eigenvalue weighted by molar-refractivity contribution is 6.11. The van der Waals surface area contributed by atoms with Crippen molar-refractivity contribution in [2.75, 3.05) is 11.9 Å². The minimum Gasteiger partial charge on any atom is -0.370 e. The summed E-state index contributed by atoms with van der Waals surface area (Å²) in [5, 5.41) is 3.15. The number of carbonyl (C=O) groups is 1. The molecule has 0 spiro atoms. The molecule has 19 heavy (non-hydrogen) atoms. The molecule has 0 saturated carbocycles. The summed E-state index contributed by atoms with van der Waals surface area (Å²) in [5.41, 5.74) is 3.30. The number of anilines is 1. The summed E-state index contributed by atoms with van der Waals surface area (Å²) < 4.78 is 0. The highest BCUT2D eigenvalue weighted by Gasteiger charge is 2.14. The third-order valence-electron chi connectivity index (χ3n) is 2.90. The van der Waals surface area contributed by atoms with Crippen LogP contribution < -0.4 is 5.32 Å². The monoisotopic (exact) mass is 254 g/mol. The minimum atomic E-state index is 0.00662. The van der Waals surface area contributed by atoms with Crippen LogP contribution in [0.25, 0.3) is 0 Å². The summed E-state index contributed by atoms with van der Waals surface area (Å²) in [4.78, 5) is 16.9. The van der Waals surface area contributed by atoms with Crippen molar-refractivity contribution < 1.29 is 4.79 Å². The van der Waals surface area contributed by atoms with E-state index in [1.165, 1.54) is 0 Å². The second-order valence-electron chi connectivity index (χ2n) is 4.58. The zero-order valence-electron chi connectivity index (χ0n) is 11.5. The van der Waals surface area contributed by atoms with Gasteiger partial charge in [0.2, 0.25) is 0 Å². The fourth-order valence-corrected chi connectivity index (χ4v) is 1.98. The van der Waals surface area contributed by atoms with Gasteiger partial charge in [0.1, 0.15) is 5.82 Å². The van der Waals surface area contributed by atoms with E-state index in [4.69, 9.17) is 0 Å². The number of aryl methyl sites for hydroxylation is 2. The third-order valence-corrected chi connectivity index (χ3v) is 2.90. The molecule has 0 atom stereocenters. The molecule has 0 amide bonds. The number of aromatic nitrogens is 1. The van der Waals surface area contributed by atoms with Crippen LogP contribution in [0.4, 0.5) is 5.82 Å². The maximum Gasteiger partial charge on any atom is 0.196 e. The fraction of sp³-hybridized carbons (Fsp3) is 0.250. The van der Waals surface area contributed by atoms with Gasteiger partial charge in [0.15, 0.2) is 5.78 Å². The molecule has 1 N–H and O–H groups in total. The van der Waals surface area contributed by atoms with E-state index < -0.39 is 0 Å². The summed E-state index contributed by atoms with van der Waals surface area (Å²) in [6, 6.07) is 11.3. The van der Waals surface area contributed by atoms with Crippen LogP contribution in [0.2, 0.25) is 0 Å². The Labute approximate surface area is 113 Å². The maximum absolute atomic E-state index is 12.5. The third kappa shape index (κ3) is 2.99. The van der Waals surface area contributed by atoms with Crippen molar-refractivity contribution in [1.29, 1.82) is 0 Å². The second-order valence-corrected chi connectivity index (χ2v) is 4.58. The molecule has 2 rings (SSSR count). The van der Waals surface area contributed by atoms with Crippen molar-refractivity contribution in [1.82, 2.24) is 4.98 Å². The first-order valence-electron chi connectivity index (χ1n) is 6.44. The molecular weight excluding hydrogens is 236 g/mol. The smallest absolute Gasteiger partial charge is 0.196 e. The molecule has 0 radical (unpaired) electrons. The number of carbonyl (C=O) groups excluding carboxylic acids is 1. The number of pyridine rings is 1. The molecular formula is C16H18N2O. The lowest BCUT2D eigenvalue weighted by Gasteiger charge is -2.10. The second kappa shape index (κ2) is 5.65. The van der Waals surface area contributed by atoms with Gasteiger partial charge in [0.25, 0.3) is 0 Å². The molecule has 98 valence electrons. The average molecular weight is 254 g/mol. The van der Waals surface area contributed by atoms with E-state index in [0.29, 0.717) is 16.9 Å².